The zero-order chi connectivity index (χ0) is 23.2. The fraction of sp³-hybridized carbons (Fsp3) is 0.360. The van der Waals surface area contributed by atoms with Gasteiger partial charge in [-0.1, -0.05) is 30.3 Å². The number of urea groups is 1. The molecule has 1 atom stereocenters. The van der Waals surface area contributed by atoms with Gasteiger partial charge in [0, 0.05) is 36.7 Å². The maximum Gasteiger partial charge on any atom is 0.318 e. The number of nitrogens with zero attached hydrogens (tertiary/aromatic N) is 1. The van der Waals surface area contributed by atoms with Gasteiger partial charge < -0.3 is 29.4 Å². The number of H-pyrrole nitrogens is 1. The van der Waals surface area contributed by atoms with Gasteiger partial charge in [0.2, 0.25) is 0 Å². The summed E-state index contributed by atoms with van der Waals surface area (Å²) in [5.74, 6) is 1.11. The summed E-state index contributed by atoms with van der Waals surface area (Å²) in [6, 6.07) is 14.8. The number of benzene rings is 2. The molecule has 174 valence electrons. The maximum atomic E-state index is 13.1. The van der Waals surface area contributed by atoms with E-state index in [-0.39, 0.29) is 24.2 Å². The monoisotopic (exact) mass is 451 g/mol. The standard InChI is InChI=1S/C25H29N3O5/c1-31-22-12-18-11-19(24(29)27-21(18)13-23(22)32-2)15-28(16-20-9-6-10-33-20)25(30)26-14-17-7-4-3-5-8-17/h3-5,7-8,11-13,20H,6,9-10,14-16H2,1-2H3,(H,26,30)(H,27,29)/t20-/m0/s1. The predicted molar refractivity (Wildman–Crippen MR) is 126 cm³/mol. The third-order valence-electron chi connectivity index (χ3n) is 5.81. The number of carbonyl (C=O) groups is 1. The van der Waals surface area contributed by atoms with Crippen LogP contribution in [0.15, 0.2) is 53.3 Å². The molecular weight excluding hydrogens is 422 g/mol. The minimum atomic E-state index is -0.247. The first kappa shape index (κ1) is 22.7. The summed E-state index contributed by atoms with van der Waals surface area (Å²) in [7, 11) is 3.11. The highest BCUT2D eigenvalue weighted by Gasteiger charge is 2.24. The minimum Gasteiger partial charge on any atom is -0.493 e. The number of pyridine rings is 1. The molecule has 4 rings (SSSR count). The van der Waals surface area contributed by atoms with E-state index in [2.05, 4.69) is 10.3 Å². The summed E-state index contributed by atoms with van der Waals surface area (Å²) in [5, 5.41) is 3.76. The molecule has 3 aromatic rings. The van der Waals surface area contributed by atoms with Crippen molar-refractivity contribution in [2.45, 2.75) is 32.0 Å². The number of methoxy groups -OCH3 is 2. The molecule has 1 saturated heterocycles. The van der Waals surface area contributed by atoms with Crippen LogP contribution in [0.2, 0.25) is 0 Å². The van der Waals surface area contributed by atoms with E-state index in [1.807, 2.05) is 36.4 Å². The summed E-state index contributed by atoms with van der Waals surface area (Å²) < 4.78 is 16.5. The van der Waals surface area contributed by atoms with Crippen molar-refractivity contribution in [1.29, 1.82) is 0 Å². The largest absolute Gasteiger partial charge is 0.493 e. The molecule has 33 heavy (non-hydrogen) atoms. The van der Waals surface area contributed by atoms with Crippen molar-refractivity contribution in [2.75, 3.05) is 27.4 Å². The molecule has 0 unspecified atom stereocenters. The number of rotatable bonds is 8. The third kappa shape index (κ3) is 5.46. The van der Waals surface area contributed by atoms with Crippen molar-refractivity contribution in [1.82, 2.24) is 15.2 Å². The van der Waals surface area contributed by atoms with Crippen LogP contribution in [0.1, 0.15) is 24.0 Å². The fourth-order valence-corrected chi connectivity index (χ4v) is 4.04. The highest BCUT2D eigenvalue weighted by atomic mass is 16.5. The van der Waals surface area contributed by atoms with E-state index in [0.717, 1.165) is 23.8 Å². The molecule has 0 radical (unpaired) electrons. The smallest absolute Gasteiger partial charge is 0.318 e. The third-order valence-corrected chi connectivity index (χ3v) is 5.81. The first-order chi connectivity index (χ1) is 16.1. The summed E-state index contributed by atoms with van der Waals surface area (Å²) in [6.07, 6.45) is 1.84. The van der Waals surface area contributed by atoms with Crippen LogP contribution < -0.4 is 20.3 Å². The Morgan fingerprint density at radius 1 is 1.15 bits per heavy atom. The molecule has 0 spiro atoms. The molecule has 0 bridgehead atoms. The minimum absolute atomic E-state index is 0.0311. The first-order valence-electron chi connectivity index (χ1n) is 11.0. The zero-order valence-corrected chi connectivity index (χ0v) is 18.9. The van der Waals surface area contributed by atoms with Crippen molar-refractivity contribution in [2.24, 2.45) is 0 Å². The number of hydrogen-bond acceptors (Lipinski definition) is 5. The molecule has 0 saturated carbocycles. The summed E-state index contributed by atoms with van der Waals surface area (Å²) in [6.45, 7) is 1.69. The number of ether oxygens (including phenoxy) is 3. The Hall–Kier alpha value is -3.52. The van der Waals surface area contributed by atoms with Gasteiger partial charge in [0.1, 0.15) is 0 Å². The number of aromatic amines is 1. The Morgan fingerprint density at radius 3 is 2.61 bits per heavy atom. The maximum absolute atomic E-state index is 13.1. The lowest BCUT2D eigenvalue weighted by Crippen LogP contribution is -2.43. The first-order valence-corrected chi connectivity index (χ1v) is 11.0. The lowest BCUT2D eigenvalue weighted by Gasteiger charge is -2.26. The van der Waals surface area contributed by atoms with E-state index in [1.54, 1.807) is 31.3 Å². The average Bonchev–Trinajstić information content (AvgIpc) is 3.35. The van der Waals surface area contributed by atoms with E-state index in [4.69, 9.17) is 14.2 Å². The summed E-state index contributed by atoms with van der Waals surface area (Å²) in [5.41, 5.74) is 1.89. The molecule has 2 N–H and O–H groups in total. The average molecular weight is 452 g/mol. The molecule has 8 nitrogen and oxygen atoms in total. The molecule has 0 aliphatic carbocycles. The molecule has 2 aromatic carbocycles. The van der Waals surface area contributed by atoms with Crippen LogP contribution in [0, 0.1) is 0 Å². The lowest BCUT2D eigenvalue weighted by molar-refractivity contribution is 0.0793. The van der Waals surface area contributed by atoms with Crippen molar-refractivity contribution < 1.29 is 19.0 Å². The Balaban J connectivity index is 1.58. The number of hydrogen-bond donors (Lipinski definition) is 2. The molecule has 2 heterocycles. The van der Waals surface area contributed by atoms with Crippen LogP contribution in [0.5, 0.6) is 11.5 Å². The summed E-state index contributed by atoms with van der Waals surface area (Å²) >= 11 is 0. The van der Waals surface area contributed by atoms with E-state index in [9.17, 15) is 9.59 Å². The summed E-state index contributed by atoms with van der Waals surface area (Å²) in [4.78, 5) is 30.5. The van der Waals surface area contributed by atoms with E-state index >= 15 is 0 Å². The topological polar surface area (TPSA) is 92.9 Å². The van der Waals surface area contributed by atoms with Gasteiger partial charge in [0.05, 0.1) is 32.4 Å². The van der Waals surface area contributed by atoms with Crippen LogP contribution in [-0.2, 0) is 17.8 Å². The number of carbonyl (C=O) groups excluding carboxylic acids is 1. The zero-order valence-electron chi connectivity index (χ0n) is 18.9. The number of nitrogens with one attached hydrogen (secondary N) is 2. The second-order valence-corrected chi connectivity index (χ2v) is 8.08. The van der Waals surface area contributed by atoms with E-state index in [0.29, 0.717) is 42.3 Å². The molecule has 8 heteroatoms. The van der Waals surface area contributed by atoms with Crippen molar-refractivity contribution in [3.05, 3.63) is 70.0 Å². The Bertz CT molecular complexity index is 1160. The number of aromatic nitrogens is 1. The van der Waals surface area contributed by atoms with Crippen molar-refractivity contribution in [3.63, 3.8) is 0 Å². The highest BCUT2D eigenvalue weighted by molar-refractivity contribution is 5.83. The van der Waals surface area contributed by atoms with Crippen LogP contribution in [0.25, 0.3) is 10.9 Å². The second kappa shape index (κ2) is 10.4. The van der Waals surface area contributed by atoms with Gasteiger partial charge in [-0.3, -0.25) is 4.79 Å². The SMILES string of the molecule is COc1cc2cc(CN(C[C@@H]3CCCO3)C(=O)NCc3ccccc3)c(=O)[nH]c2cc1OC. The van der Waals surface area contributed by atoms with Crippen LogP contribution in [-0.4, -0.2) is 49.4 Å². The van der Waals surface area contributed by atoms with Gasteiger partial charge in [-0.15, -0.1) is 0 Å². The lowest BCUT2D eigenvalue weighted by atomic mass is 10.1. The molecule has 1 aliphatic heterocycles. The molecular formula is C25H29N3O5. The van der Waals surface area contributed by atoms with E-state index < -0.39 is 0 Å². The van der Waals surface area contributed by atoms with Crippen molar-refractivity contribution >= 4 is 16.9 Å². The normalized spacial score (nSPS) is 15.4. The number of amides is 2. The van der Waals surface area contributed by atoms with Gasteiger partial charge in [-0.25, -0.2) is 4.79 Å². The second-order valence-electron chi connectivity index (χ2n) is 8.08. The molecule has 1 aromatic heterocycles. The Kier molecular flexibility index (Phi) is 7.14. The Morgan fingerprint density at radius 2 is 1.91 bits per heavy atom. The molecule has 1 fully saturated rings. The number of fused-ring (bicyclic) bond motifs is 1. The van der Waals surface area contributed by atoms with Crippen LogP contribution in [0.4, 0.5) is 4.79 Å². The predicted octanol–water partition coefficient (Wildman–Crippen LogP) is 3.44. The van der Waals surface area contributed by atoms with E-state index in [1.165, 1.54) is 0 Å². The van der Waals surface area contributed by atoms with Gasteiger partial charge >= 0.3 is 6.03 Å². The highest BCUT2D eigenvalue weighted by Crippen LogP contribution is 2.31. The fourth-order valence-electron chi connectivity index (χ4n) is 4.04. The van der Waals surface area contributed by atoms with Gasteiger partial charge in [-0.2, -0.15) is 0 Å². The Labute approximate surface area is 192 Å². The molecule has 2 amide bonds. The van der Waals surface area contributed by atoms with Crippen LogP contribution in [0.3, 0.4) is 0 Å². The van der Waals surface area contributed by atoms with Gasteiger partial charge in [-0.05, 0) is 30.5 Å². The molecule has 1 aliphatic rings. The van der Waals surface area contributed by atoms with Crippen molar-refractivity contribution in [3.8, 4) is 11.5 Å². The quantitative estimate of drug-likeness (QED) is 0.547. The van der Waals surface area contributed by atoms with Crippen LogP contribution >= 0.6 is 0 Å². The van der Waals surface area contributed by atoms with Gasteiger partial charge in [0.15, 0.2) is 11.5 Å². The van der Waals surface area contributed by atoms with Gasteiger partial charge in [0.25, 0.3) is 5.56 Å².